The molecule has 2 aromatic carbocycles. The van der Waals surface area contributed by atoms with Gasteiger partial charge in [-0.2, -0.15) is 13.9 Å². The van der Waals surface area contributed by atoms with E-state index in [4.69, 9.17) is 0 Å². The molecule has 0 bridgehead atoms. The topological polar surface area (TPSA) is 89.2 Å². The van der Waals surface area contributed by atoms with Crippen molar-refractivity contribution in [3.63, 3.8) is 0 Å². The van der Waals surface area contributed by atoms with Crippen molar-refractivity contribution in [3.05, 3.63) is 89.0 Å². The van der Waals surface area contributed by atoms with Crippen LogP contribution in [0.4, 0.5) is 14.5 Å². The fourth-order valence-corrected chi connectivity index (χ4v) is 4.94. The molecule has 2 amide bonds. The van der Waals surface area contributed by atoms with Crippen LogP contribution in [-0.4, -0.2) is 38.1 Å². The molecule has 1 N–H and O–H groups in total. The zero-order valence-electron chi connectivity index (χ0n) is 20.5. The predicted octanol–water partition coefficient (Wildman–Crippen LogP) is 3.52. The second-order valence-electron chi connectivity index (χ2n) is 9.50. The fraction of sp³-hybridized carbons (Fsp3) is 0.259. The Bertz CT molecular complexity index is 1570. The number of aryl methyl sites for hydroxylation is 1. The van der Waals surface area contributed by atoms with Gasteiger partial charge in [0.15, 0.2) is 0 Å². The lowest BCUT2D eigenvalue weighted by molar-refractivity contribution is -0.144. The van der Waals surface area contributed by atoms with Gasteiger partial charge in [-0.3, -0.25) is 14.4 Å². The zero-order chi connectivity index (χ0) is 26.5. The second kappa shape index (κ2) is 8.65. The van der Waals surface area contributed by atoms with E-state index in [0.29, 0.717) is 23.9 Å². The Labute approximate surface area is 211 Å². The Morgan fingerprint density at radius 2 is 1.78 bits per heavy atom. The van der Waals surface area contributed by atoms with E-state index in [-0.39, 0.29) is 17.9 Å². The summed E-state index contributed by atoms with van der Waals surface area (Å²) >= 11 is 0. The summed E-state index contributed by atoms with van der Waals surface area (Å²) in [5.41, 5.74) is 1.43. The molecule has 5 rings (SSSR count). The zero-order valence-corrected chi connectivity index (χ0v) is 20.5. The SMILES string of the molecule is Cn1cc(-n2ncc3cc(N4C(=O)CC(NC(=O)C(C)(F)F)C4(C)c4ccccc4)ccc32)ccc1=O. The molecule has 10 heteroatoms. The van der Waals surface area contributed by atoms with Crippen molar-refractivity contribution in [2.75, 3.05) is 4.90 Å². The highest BCUT2D eigenvalue weighted by molar-refractivity contribution is 6.01. The lowest BCUT2D eigenvalue weighted by Gasteiger charge is -2.40. The highest BCUT2D eigenvalue weighted by Gasteiger charge is 2.53. The average Bonchev–Trinajstić information content (AvgIpc) is 3.39. The molecule has 4 aromatic rings. The van der Waals surface area contributed by atoms with Gasteiger partial charge >= 0.3 is 5.92 Å². The van der Waals surface area contributed by atoms with Gasteiger partial charge in [-0.25, -0.2) is 4.68 Å². The minimum absolute atomic E-state index is 0.136. The number of hydrogen-bond acceptors (Lipinski definition) is 4. The molecule has 8 nitrogen and oxygen atoms in total. The Morgan fingerprint density at radius 1 is 1.08 bits per heavy atom. The summed E-state index contributed by atoms with van der Waals surface area (Å²) in [6, 6.07) is 16.7. The number of halogens is 2. The predicted molar refractivity (Wildman–Crippen MR) is 135 cm³/mol. The first-order valence-electron chi connectivity index (χ1n) is 11.7. The number of hydrogen-bond donors (Lipinski definition) is 1. The molecular weight excluding hydrogens is 480 g/mol. The molecule has 1 aliphatic heterocycles. The molecule has 37 heavy (non-hydrogen) atoms. The molecule has 2 atom stereocenters. The summed E-state index contributed by atoms with van der Waals surface area (Å²) in [7, 11) is 1.66. The first-order valence-corrected chi connectivity index (χ1v) is 11.7. The van der Waals surface area contributed by atoms with Crippen molar-refractivity contribution in [2.24, 2.45) is 7.05 Å². The van der Waals surface area contributed by atoms with Crippen molar-refractivity contribution in [1.29, 1.82) is 0 Å². The van der Waals surface area contributed by atoms with Gasteiger partial charge in [-0.15, -0.1) is 0 Å². The van der Waals surface area contributed by atoms with Crippen LogP contribution in [0.15, 0.2) is 77.9 Å². The number of nitrogens with zero attached hydrogens (tertiary/aromatic N) is 4. The minimum Gasteiger partial charge on any atom is -0.345 e. The van der Waals surface area contributed by atoms with Crippen molar-refractivity contribution < 1.29 is 18.4 Å². The minimum atomic E-state index is -3.58. The Morgan fingerprint density at radius 3 is 2.46 bits per heavy atom. The van der Waals surface area contributed by atoms with Crippen LogP contribution >= 0.6 is 0 Å². The number of anilines is 1. The summed E-state index contributed by atoms with van der Waals surface area (Å²) in [6.07, 6.45) is 3.19. The molecule has 0 saturated carbocycles. The number of aromatic nitrogens is 3. The highest BCUT2D eigenvalue weighted by Crippen LogP contribution is 2.43. The summed E-state index contributed by atoms with van der Waals surface area (Å²) in [5.74, 6) is -5.31. The van der Waals surface area contributed by atoms with Crippen LogP contribution in [0.25, 0.3) is 16.6 Å². The Kier molecular flexibility index (Phi) is 5.69. The molecule has 2 aromatic heterocycles. The third kappa shape index (κ3) is 4.08. The van der Waals surface area contributed by atoms with Crippen molar-refractivity contribution >= 4 is 28.4 Å². The molecule has 1 aliphatic rings. The fourth-order valence-electron chi connectivity index (χ4n) is 4.94. The maximum absolute atomic E-state index is 13.8. The number of benzene rings is 2. The number of nitrogens with one attached hydrogen (secondary N) is 1. The van der Waals surface area contributed by atoms with Gasteiger partial charge in [0, 0.05) is 37.3 Å². The van der Waals surface area contributed by atoms with Gasteiger partial charge in [0.2, 0.25) is 11.5 Å². The van der Waals surface area contributed by atoms with E-state index in [1.54, 1.807) is 66.3 Å². The molecule has 190 valence electrons. The van der Waals surface area contributed by atoms with E-state index in [1.165, 1.54) is 10.6 Å². The first-order chi connectivity index (χ1) is 17.5. The summed E-state index contributed by atoms with van der Waals surface area (Å²) in [5, 5.41) is 7.61. The van der Waals surface area contributed by atoms with Gasteiger partial charge in [0.05, 0.1) is 35.4 Å². The van der Waals surface area contributed by atoms with Gasteiger partial charge in [0.25, 0.3) is 5.91 Å². The largest absolute Gasteiger partial charge is 0.345 e. The van der Waals surface area contributed by atoms with Crippen LogP contribution in [0, 0.1) is 0 Å². The van der Waals surface area contributed by atoms with Gasteiger partial charge in [-0.05, 0) is 36.8 Å². The molecule has 0 radical (unpaired) electrons. The third-order valence-corrected chi connectivity index (χ3v) is 6.96. The van der Waals surface area contributed by atoms with Crippen molar-refractivity contribution in [2.45, 2.75) is 37.8 Å². The molecule has 2 unspecified atom stereocenters. The number of carbonyl (C=O) groups is 2. The molecular formula is C27H25F2N5O3. The van der Waals surface area contributed by atoms with Crippen LogP contribution in [-0.2, 0) is 22.2 Å². The smallest absolute Gasteiger partial charge is 0.321 e. The quantitative estimate of drug-likeness (QED) is 0.450. The Hall–Kier alpha value is -4.34. The van der Waals surface area contributed by atoms with Crippen LogP contribution in [0.2, 0.25) is 0 Å². The monoisotopic (exact) mass is 505 g/mol. The van der Waals surface area contributed by atoms with E-state index < -0.39 is 23.4 Å². The standard InChI is InChI=1S/C27H25F2N5O3/c1-26(18-7-5-4-6-8-18)22(31-25(37)27(2,28)29)14-24(36)33(26)19-9-11-21-17(13-19)15-30-34(21)20-10-12-23(35)32(3)16-20/h4-13,15-16,22H,14H2,1-3H3,(H,31,37). The van der Waals surface area contributed by atoms with E-state index in [0.717, 1.165) is 10.9 Å². The van der Waals surface area contributed by atoms with Crippen LogP contribution in [0.3, 0.4) is 0 Å². The highest BCUT2D eigenvalue weighted by atomic mass is 19.3. The molecule has 3 heterocycles. The average molecular weight is 506 g/mol. The van der Waals surface area contributed by atoms with Gasteiger partial charge in [-0.1, -0.05) is 30.3 Å². The maximum Gasteiger partial charge on any atom is 0.321 e. The number of rotatable bonds is 5. The number of carbonyl (C=O) groups excluding carboxylic acids is 2. The normalized spacial score (nSPS) is 20.0. The number of fused-ring (bicyclic) bond motifs is 1. The van der Waals surface area contributed by atoms with Gasteiger partial charge < -0.3 is 14.8 Å². The number of pyridine rings is 1. The van der Waals surface area contributed by atoms with Crippen molar-refractivity contribution in [1.82, 2.24) is 19.7 Å². The van der Waals surface area contributed by atoms with E-state index in [1.807, 2.05) is 24.3 Å². The summed E-state index contributed by atoms with van der Waals surface area (Å²) in [6.45, 7) is 2.30. The second-order valence-corrected chi connectivity index (χ2v) is 9.50. The third-order valence-electron chi connectivity index (χ3n) is 6.96. The molecule has 1 fully saturated rings. The van der Waals surface area contributed by atoms with E-state index in [2.05, 4.69) is 10.4 Å². The lowest BCUT2D eigenvalue weighted by Crippen LogP contribution is -2.55. The maximum atomic E-state index is 13.8. The van der Waals surface area contributed by atoms with Crippen molar-refractivity contribution in [3.8, 4) is 5.69 Å². The van der Waals surface area contributed by atoms with Gasteiger partial charge in [0.1, 0.15) is 0 Å². The Balaban J connectivity index is 1.59. The van der Waals surface area contributed by atoms with Crippen LogP contribution in [0.1, 0.15) is 25.8 Å². The lowest BCUT2D eigenvalue weighted by atomic mass is 9.84. The molecule has 0 spiro atoms. The van der Waals surface area contributed by atoms with Crippen LogP contribution in [0.5, 0.6) is 0 Å². The summed E-state index contributed by atoms with van der Waals surface area (Å²) in [4.78, 5) is 38.9. The molecule has 0 aliphatic carbocycles. The van der Waals surface area contributed by atoms with Crippen LogP contribution < -0.4 is 15.8 Å². The number of alkyl halides is 2. The summed E-state index contributed by atoms with van der Waals surface area (Å²) < 4.78 is 30.7. The molecule has 1 saturated heterocycles. The first kappa shape index (κ1) is 24.4. The van der Waals surface area contributed by atoms with E-state index >= 15 is 0 Å². The van der Waals surface area contributed by atoms with E-state index in [9.17, 15) is 23.2 Å². The number of amides is 2.